The summed E-state index contributed by atoms with van der Waals surface area (Å²) < 4.78 is 39.8. The monoisotopic (exact) mass is 583 g/mol. The van der Waals surface area contributed by atoms with Gasteiger partial charge in [-0.05, 0) is 43.5 Å². The summed E-state index contributed by atoms with van der Waals surface area (Å²) in [5.74, 6) is -0.730. The van der Waals surface area contributed by atoms with Gasteiger partial charge in [-0.25, -0.2) is 9.50 Å². The number of aromatic nitrogens is 5. The fraction of sp³-hybridized carbons (Fsp3) is 0.370. The third-order valence-electron chi connectivity index (χ3n) is 6.87. The number of nitrogens with zero attached hydrogens (tertiary/aromatic N) is 6. The number of carbonyl (C=O) groups excluding carboxylic acids is 2. The van der Waals surface area contributed by atoms with Crippen LogP contribution in [-0.2, 0) is 16.1 Å². The van der Waals surface area contributed by atoms with Crippen LogP contribution in [0.5, 0.6) is 5.75 Å². The summed E-state index contributed by atoms with van der Waals surface area (Å²) in [5, 5.41) is 11.8. The Balaban J connectivity index is 1.37. The third-order valence-corrected chi connectivity index (χ3v) is 8.00. The molecule has 2 aliphatic heterocycles. The number of hydrogen-bond acceptors (Lipinski definition) is 8. The number of ether oxygens (including phenoxy) is 2. The average Bonchev–Trinajstić information content (AvgIpc) is 3.55. The number of benzene rings is 1. The molecule has 0 spiro atoms. The normalized spacial score (nSPS) is 15.7. The minimum absolute atomic E-state index is 0.0694. The molecule has 11 nitrogen and oxygen atoms in total. The van der Waals surface area contributed by atoms with Crippen molar-refractivity contribution in [2.75, 3.05) is 31.6 Å². The number of piperidine rings is 1. The Morgan fingerprint density at radius 1 is 1.20 bits per heavy atom. The fourth-order valence-electron chi connectivity index (χ4n) is 4.79. The molecule has 41 heavy (non-hydrogen) atoms. The van der Waals surface area contributed by atoms with Gasteiger partial charge in [-0.3, -0.25) is 14.3 Å². The molecule has 5 heterocycles. The van der Waals surface area contributed by atoms with E-state index in [-0.39, 0.29) is 46.0 Å². The number of rotatable bonds is 9. The van der Waals surface area contributed by atoms with Gasteiger partial charge in [0.15, 0.2) is 5.65 Å². The molecule has 0 aliphatic carbocycles. The van der Waals surface area contributed by atoms with Gasteiger partial charge in [0, 0.05) is 42.1 Å². The summed E-state index contributed by atoms with van der Waals surface area (Å²) in [6.45, 7) is -0.600. The molecular weight excluding hydrogens is 556 g/mol. The largest absolute Gasteiger partial charge is 0.434 e. The summed E-state index contributed by atoms with van der Waals surface area (Å²) in [5.41, 5.74) is 1.24. The van der Waals surface area contributed by atoms with E-state index >= 15 is 0 Å². The first-order valence-electron chi connectivity index (χ1n) is 13.2. The smallest absolute Gasteiger partial charge is 0.387 e. The van der Waals surface area contributed by atoms with Crippen LogP contribution in [0.25, 0.3) is 16.9 Å². The van der Waals surface area contributed by atoms with Crippen molar-refractivity contribution >= 4 is 34.9 Å². The van der Waals surface area contributed by atoms with Crippen molar-refractivity contribution in [2.45, 2.75) is 42.6 Å². The van der Waals surface area contributed by atoms with Crippen LogP contribution in [0.3, 0.4) is 0 Å². The van der Waals surface area contributed by atoms with Crippen molar-refractivity contribution in [1.29, 1.82) is 0 Å². The van der Waals surface area contributed by atoms with Gasteiger partial charge in [0.05, 0.1) is 30.3 Å². The number of alkyl halides is 2. The van der Waals surface area contributed by atoms with E-state index in [1.165, 1.54) is 27.7 Å². The van der Waals surface area contributed by atoms with Gasteiger partial charge in [0.1, 0.15) is 23.6 Å². The van der Waals surface area contributed by atoms with Gasteiger partial charge in [0.2, 0.25) is 5.91 Å². The minimum atomic E-state index is -3.07. The number of halogens is 2. The maximum absolute atomic E-state index is 13.4. The van der Waals surface area contributed by atoms with Crippen LogP contribution in [0.4, 0.5) is 14.5 Å². The van der Waals surface area contributed by atoms with Gasteiger partial charge in [0.25, 0.3) is 5.91 Å². The van der Waals surface area contributed by atoms with E-state index in [9.17, 15) is 18.4 Å². The van der Waals surface area contributed by atoms with Crippen LogP contribution in [0, 0.1) is 0 Å². The summed E-state index contributed by atoms with van der Waals surface area (Å²) >= 11 is 1.55. The second-order valence-electron chi connectivity index (χ2n) is 9.74. The van der Waals surface area contributed by atoms with E-state index in [4.69, 9.17) is 9.47 Å². The molecule has 3 aromatic heterocycles. The minimum Gasteiger partial charge on any atom is -0.434 e. The highest BCUT2D eigenvalue weighted by molar-refractivity contribution is 8.00. The highest BCUT2D eigenvalue weighted by atomic mass is 32.2. The lowest BCUT2D eigenvalue weighted by Crippen LogP contribution is -2.37. The maximum Gasteiger partial charge on any atom is 0.387 e. The Labute approximate surface area is 237 Å². The standard InChI is InChI=1S/C27H27F2N7O4S/c28-27(29)40-22-6-5-17(41-18-15-39-16-18)11-19(22)24-21(13-35(33-24)14-23(37)34-8-2-1-3-9-34)32-26(38)20-12-31-36-10-4-7-30-25(20)36/h4-7,10-13,18,27H,1-3,8-9,14-16H2,(H,32,38). The number of carbonyl (C=O) groups is 2. The van der Waals surface area contributed by atoms with Gasteiger partial charge in [-0.2, -0.15) is 19.0 Å². The predicted molar refractivity (Wildman–Crippen MR) is 146 cm³/mol. The molecule has 0 atom stereocenters. The van der Waals surface area contributed by atoms with Gasteiger partial charge >= 0.3 is 6.61 Å². The second kappa shape index (κ2) is 11.8. The van der Waals surface area contributed by atoms with Crippen LogP contribution in [-0.4, -0.2) is 79.3 Å². The molecule has 2 fully saturated rings. The van der Waals surface area contributed by atoms with E-state index in [1.807, 2.05) is 0 Å². The second-order valence-corrected chi connectivity index (χ2v) is 11.1. The van der Waals surface area contributed by atoms with E-state index in [2.05, 4.69) is 20.5 Å². The fourth-order valence-corrected chi connectivity index (χ4v) is 5.84. The zero-order valence-electron chi connectivity index (χ0n) is 21.9. The number of likely N-dealkylation sites (tertiary alicyclic amines) is 1. The molecule has 214 valence electrons. The summed E-state index contributed by atoms with van der Waals surface area (Å²) in [6.07, 6.45) is 9.10. The molecule has 2 amide bonds. The van der Waals surface area contributed by atoms with Gasteiger partial charge < -0.3 is 19.7 Å². The molecule has 14 heteroatoms. The van der Waals surface area contributed by atoms with Crippen molar-refractivity contribution in [2.24, 2.45) is 0 Å². The van der Waals surface area contributed by atoms with Crippen molar-refractivity contribution in [3.8, 4) is 17.0 Å². The number of fused-ring (bicyclic) bond motifs is 1. The number of anilines is 1. The first-order valence-corrected chi connectivity index (χ1v) is 14.1. The molecule has 0 unspecified atom stereocenters. The number of thioether (sulfide) groups is 1. The summed E-state index contributed by atoms with van der Waals surface area (Å²) in [7, 11) is 0. The van der Waals surface area contributed by atoms with Crippen LogP contribution in [0.2, 0.25) is 0 Å². The Kier molecular flexibility index (Phi) is 7.83. The van der Waals surface area contributed by atoms with Gasteiger partial charge in [-0.1, -0.05) is 0 Å². The lowest BCUT2D eigenvalue weighted by Gasteiger charge is -2.26. The van der Waals surface area contributed by atoms with E-state index in [0.717, 1.165) is 24.2 Å². The Morgan fingerprint density at radius 2 is 2.02 bits per heavy atom. The Morgan fingerprint density at radius 3 is 2.78 bits per heavy atom. The molecule has 0 bridgehead atoms. The molecule has 2 aliphatic rings. The van der Waals surface area contributed by atoms with Crippen LogP contribution < -0.4 is 10.1 Å². The zero-order chi connectivity index (χ0) is 28.3. The van der Waals surface area contributed by atoms with Crippen molar-refractivity contribution in [3.05, 3.63) is 54.6 Å². The highest BCUT2D eigenvalue weighted by Gasteiger charge is 2.25. The third kappa shape index (κ3) is 6.03. The molecule has 0 radical (unpaired) electrons. The first-order chi connectivity index (χ1) is 19.9. The Hall–Kier alpha value is -4.04. The SMILES string of the molecule is O=C(Nc1cn(CC(=O)N2CCCCC2)nc1-c1cc(SC2COC2)ccc1OC(F)F)c1cnn2cccnc12. The zero-order valence-corrected chi connectivity index (χ0v) is 22.7. The number of amides is 2. The lowest BCUT2D eigenvalue weighted by atomic mass is 10.1. The first kappa shape index (κ1) is 27.1. The van der Waals surface area contributed by atoms with Crippen molar-refractivity contribution < 1.29 is 27.8 Å². The average molecular weight is 584 g/mol. The van der Waals surface area contributed by atoms with Crippen molar-refractivity contribution in [1.82, 2.24) is 29.3 Å². The van der Waals surface area contributed by atoms with E-state index in [0.29, 0.717) is 32.0 Å². The lowest BCUT2D eigenvalue weighted by molar-refractivity contribution is -0.132. The molecule has 0 saturated carbocycles. The molecule has 6 rings (SSSR count). The van der Waals surface area contributed by atoms with E-state index in [1.54, 1.807) is 47.3 Å². The van der Waals surface area contributed by atoms with Crippen LogP contribution >= 0.6 is 11.8 Å². The quantitative estimate of drug-likeness (QED) is 0.315. The molecule has 2 saturated heterocycles. The molecular formula is C27H27F2N7O4S. The van der Waals surface area contributed by atoms with Crippen molar-refractivity contribution in [3.63, 3.8) is 0 Å². The molecule has 4 aromatic rings. The molecule has 1 N–H and O–H groups in total. The highest BCUT2D eigenvalue weighted by Crippen LogP contribution is 2.39. The predicted octanol–water partition coefficient (Wildman–Crippen LogP) is 3.95. The number of hydrogen-bond donors (Lipinski definition) is 1. The number of nitrogens with one attached hydrogen (secondary N) is 1. The Bertz CT molecular complexity index is 1570. The van der Waals surface area contributed by atoms with Crippen LogP contribution in [0.15, 0.2) is 53.9 Å². The van der Waals surface area contributed by atoms with Gasteiger partial charge in [-0.15, -0.1) is 11.8 Å². The molecule has 1 aromatic carbocycles. The summed E-state index contributed by atoms with van der Waals surface area (Å²) in [6, 6.07) is 6.55. The maximum atomic E-state index is 13.4. The van der Waals surface area contributed by atoms with E-state index < -0.39 is 12.5 Å². The van der Waals surface area contributed by atoms with Crippen LogP contribution in [0.1, 0.15) is 29.6 Å². The summed E-state index contributed by atoms with van der Waals surface area (Å²) in [4.78, 5) is 33.2. The topological polar surface area (TPSA) is 116 Å².